The summed E-state index contributed by atoms with van der Waals surface area (Å²) in [6.07, 6.45) is 4.84. The zero-order valence-electron chi connectivity index (χ0n) is 17.9. The summed E-state index contributed by atoms with van der Waals surface area (Å²) >= 11 is 0. The Balaban J connectivity index is 1.58. The number of fused-ring (bicyclic) bond motifs is 2. The summed E-state index contributed by atoms with van der Waals surface area (Å²) in [5, 5.41) is 8.33. The van der Waals surface area contributed by atoms with Crippen molar-refractivity contribution in [3.63, 3.8) is 0 Å². The van der Waals surface area contributed by atoms with Crippen LogP contribution in [0.15, 0.2) is 48.5 Å². The lowest BCUT2D eigenvalue weighted by atomic mass is 9.96. The minimum absolute atomic E-state index is 0.0479. The van der Waals surface area contributed by atoms with Gasteiger partial charge in [0, 0.05) is 23.2 Å². The van der Waals surface area contributed by atoms with Gasteiger partial charge in [0.05, 0.1) is 5.69 Å². The fourth-order valence-electron chi connectivity index (χ4n) is 4.13. The Kier molecular flexibility index (Phi) is 4.98. The second-order valence-corrected chi connectivity index (χ2v) is 8.26. The van der Waals surface area contributed by atoms with E-state index in [9.17, 15) is 4.79 Å². The Morgan fingerprint density at radius 3 is 2.68 bits per heavy atom. The van der Waals surface area contributed by atoms with Crippen LogP contribution in [0.2, 0.25) is 0 Å². The molecule has 2 heterocycles. The minimum Gasteiger partial charge on any atom is -0.340 e. The van der Waals surface area contributed by atoms with Crippen molar-refractivity contribution in [2.45, 2.75) is 46.0 Å². The number of anilines is 2. The molecule has 6 heteroatoms. The van der Waals surface area contributed by atoms with E-state index in [-0.39, 0.29) is 5.78 Å². The molecular formula is C25H25N5O. The SMILES string of the molecule is CC(=O)c1cccc(Nc2c3c(nc4nc(Cc5ccc(C)cc5)nn24)CCCC3)c1. The maximum Gasteiger partial charge on any atom is 0.254 e. The molecule has 2 aromatic carbocycles. The molecule has 0 amide bonds. The van der Waals surface area contributed by atoms with Crippen LogP contribution in [0, 0.1) is 6.92 Å². The molecule has 0 unspecified atom stereocenters. The molecule has 6 nitrogen and oxygen atoms in total. The van der Waals surface area contributed by atoms with Gasteiger partial charge in [-0.3, -0.25) is 4.79 Å². The van der Waals surface area contributed by atoms with Gasteiger partial charge in [-0.05, 0) is 57.2 Å². The number of Topliss-reactive ketones (excluding diaryl/α,β-unsaturated/α-hetero) is 1. The molecule has 2 aromatic heterocycles. The highest BCUT2D eigenvalue weighted by molar-refractivity contribution is 5.95. The van der Waals surface area contributed by atoms with Gasteiger partial charge in [-0.25, -0.2) is 4.98 Å². The van der Waals surface area contributed by atoms with E-state index in [1.807, 2.05) is 28.8 Å². The van der Waals surface area contributed by atoms with Gasteiger partial charge in [0.25, 0.3) is 5.78 Å². The smallest absolute Gasteiger partial charge is 0.254 e. The van der Waals surface area contributed by atoms with E-state index in [1.165, 1.54) is 16.7 Å². The van der Waals surface area contributed by atoms with Crippen LogP contribution in [0.3, 0.4) is 0 Å². The first kappa shape index (κ1) is 19.4. The lowest BCUT2D eigenvalue weighted by Gasteiger charge is -2.20. The molecule has 0 fully saturated rings. The minimum atomic E-state index is 0.0479. The van der Waals surface area contributed by atoms with Crippen LogP contribution in [0.5, 0.6) is 0 Å². The van der Waals surface area contributed by atoms with Crippen molar-refractivity contribution in [2.75, 3.05) is 5.32 Å². The zero-order chi connectivity index (χ0) is 21.4. The van der Waals surface area contributed by atoms with Crippen molar-refractivity contribution in [3.8, 4) is 0 Å². The van der Waals surface area contributed by atoms with Crippen LogP contribution >= 0.6 is 0 Å². The Labute approximate surface area is 181 Å². The number of benzene rings is 2. The van der Waals surface area contributed by atoms with E-state index < -0.39 is 0 Å². The monoisotopic (exact) mass is 411 g/mol. The lowest BCUT2D eigenvalue weighted by molar-refractivity contribution is 0.101. The highest BCUT2D eigenvalue weighted by Gasteiger charge is 2.21. The Morgan fingerprint density at radius 1 is 1.06 bits per heavy atom. The second kappa shape index (κ2) is 7.95. The number of rotatable bonds is 5. The summed E-state index contributed by atoms with van der Waals surface area (Å²) in [4.78, 5) is 21.4. The van der Waals surface area contributed by atoms with Crippen LogP contribution in [-0.4, -0.2) is 25.4 Å². The Hall–Kier alpha value is -3.54. The van der Waals surface area contributed by atoms with Crippen molar-refractivity contribution in [1.29, 1.82) is 0 Å². The van der Waals surface area contributed by atoms with Gasteiger partial charge >= 0.3 is 0 Å². The molecule has 0 spiro atoms. The predicted molar refractivity (Wildman–Crippen MR) is 121 cm³/mol. The number of nitrogens with one attached hydrogen (secondary N) is 1. The number of hydrogen-bond donors (Lipinski definition) is 1. The van der Waals surface area contributed by atoms with E-state index in [0.29, 0.717) is 17.8 Å². The molecule has 31 heavy (non-hydrogen) atoms. The molecule has 0 atom stereocenters. The van der Waals surface area contributed by atoms with Crippen LogP contribution in [0.25, 0.3) is 5.78 Å². The number of carbonyl (C=O) groups is 1. The standard InChI is InChI=1S/C25H25N5O/c1-16-10-12-18(13-11-16)14-23-28-25-27-22-9-4-3-8-21(22)24(30(25)29-23)26-20-7-5-6-19(15-20)17(2)31/h5-7,10-13,15,26H,3-4,8-9,14H2,1-2H3. The number of nitrogens with zero attached hydrogens (tertiary/aromatic N) is 4. The third kappa shape index (κ3) is 3.93. The summed E-state index contributed by atoms with van der Waals surface area (Å²) in [7, 11) is 0. The van der Waals surface area contributed by atoms with Crippen molar-refractivity contribution in [1.82, 2.24) is 19.6 Å². The highest BCUT2D eigenvalue weighted by Crippen LogP contribution is 2.30. The van der Waals surface area contributed by atoms with Crippen molar-refractivity contribution in [2.24, 2.45) is 0 Å². The summed E-state index contributed by atoms with van der Waals surface area (Å²) in [6.45, 7) is 3.67. The quantitative estimate of drug-likeness (QED) is 0.475. The molecule has 1 N–H and O–H groups in total. The number of ketones is 1. The predicted octanol–water partition coefficient (Wildman–Crippen LogP) is 4.85. The van der Waals surface area contributed by atoms with E-state index in [2.05, 4.69) is 36.5 Å². The maximum atomic E-state index is 11.8. The van der Waals surface area contributed by atoms with Gasteiger partial charge in [0.1, 0.15) is 5.82 Å². The van der Waals surface area contributed by atoms with Crippen LogP contribution in [0.4, 0.5) is 11.5 Å². The second-order valence-electron chi connectivity index (χ2n) is 8.26. The number of aromatic nitrogens is 4. The van der Waals surface area contributed by atoms with Gasteiger partial charge in [-0.2, -0.15) is 9.50 Å². The molecule has 0 saturated heterocycles. The summed E-state index contributed by atoms with van der Waals surface area (Å²) in [6, 6.07) is 16.0. The Bertz CT molecular complexity index is 1270. The largest absolute Gasteiger partial charge is 0.340 e. The molecule has 5 rings (SSSR count). The first-order chi connectivity index (χ1) is 15.1. The highest BCUT2D eigenvalue weighted by atomic mass is 16.1. The molecule has 0 saturated carbocycles. The molecule has 0 aliphatic heterocycles. The molecule has 1 aliphatic carbocycles. The van der Waals surface area contributed by atoms with Gasteiger partial charge < -0.3 is 5.32 Å². The number of carbonyl (C=O) groups excluding carboxylic acids is 1. The van der Waals surface area contributed by atoms with E-state index in [4.69, 9.17) is 15.1 Å². The third-order valence-corrected chi connectivity index (χ3v) is 5.82. The van der Waals surface area contributed by atoms with E-state index in [0.717, 1.165) is 48.7 Å². The first-order valence-electron chi connectivity index (χ1n) is 10.8. The van der Waals surface area contributed by atoms with Crippen LogP contribution in [-0.2, 0) is 19.3 Å². The average molecular weight is 412 g/mol. The topological polar surface area (TPSA) is 72.2 Å². The fourth-order valence-corrected chi connectivity index (χ4v) is 4.13. The number of hydrogen-bond acceptors (Lipinski definition) is 5. The van der Waals surface area contributed by atoms with E-state index >= 15 is 0 Å². The fraction of sp³-hybridized carbons (Fsp3) is 0.280. The van der Waals surface area contributed by atoms with Crippen molar-refractivity contribution < 1.29 is 4.79 Å². The van der Waals surface area contributed by atoms with Crippen molar-refractivity contribution >= 4 is 23.1 Å². The van der Waals surface area contributed by atoms with Gasteiger partial charge in [0.15, 0.2) is 11.6 Å². The van der Waals surface area contributed by atoms with Gasteiger partial charge in [0.2, 0.25) is 0 Å². The summed E-state index contributed by atoms with van der Waals surface area (Å²) in [5.74, 6) is 2.32. The van der Waals surface area contributed by atoms with Gasteiger partial charge in [-0.1, -0.05) is 42.0 Å². The third-order valence-electron chi connectivity index (χ3n) is 5.82. The zero-order valence-corrected chi connectivity index (χ0v) is 17.9. The maximum absolute atomic E-state index is 11.8. The summed E-state index contributed by atoms with van der Waals surface area (Å²) < 4.78 is 1.83. The van der Waals surface area contributed by atoms with Crippen LogP contribution in [0.1, 0.15) is 58.3 Å². The lowest BCUT2D eigenvalue weighted by Crippen LogP contribution is -2.14. The van der Waals surface area contributed by atoms with Crippen molar-refractivity contribution in [3.05, 3.63) is 82.3 Å². The molecule has 0 radical (unpaired) electrons. The van der Waals surface area contributed by atoms with E-state index in [1.54, 1.807) is 6.92 Å². The molecule has 4 aromatic rings. The number of aryl methyl sites for hydroxylation is 2. The first-order valence-corrected chi connectivity index (χ1v) is 10.8. The molecule has 1 aliphatic rings. The Morgan fingerprint density at radius 2 is 1.87 bits per heavy atom. The molecular weight excluding hydrogens is 386 g/mol. The normalized spacial score (nSPS) is 13.2. The van der Waals surface area contributed by atoms with Crippen LogP contribution < -0.4 is 5.32 Å². The molecule has 156 valence electrons. The molecule has 0 bridgehead atoms. The summed E-state index contributed by atoms with van der Waals surface area (Å²) in [5.41, 5.74) is 6.25. The van der Waals surface area contributed by atoms with Gasteiger partial charge in [-0.15, -0.1) is 5.10 Å². The average Bonchev–Trinajstić information content (AvgIpc) is 3.17.